The molecule has 0 bridgehead atoms. The molecule has 0 unspecified atom stereocenters. The van der Waals surface area contributed by atoms with Crippen molar-refractivity contribution >= 4 is 22.5 Å². The molecule has 0 aliphatic carbocycles. The molecule has 4 aromatic rings. The number of nitriles is 2. The summed E-state index contributed by atoms with van der Waals surface area (Å²) in [5.41, 5.74) is 0.427. The molecule has 0 fully saturated rings. The number of halogens is 3. The van der Waals surface area contributed by atoms with E-state index in [9.17, 15) is 9.18 Å². The third kappa shape index (κ3) is 3.20. The van der Waals surface area contributed by atoms with Crippen LogP contribution in [0.25, 0.3) is 33.3 Å². The van der Waals surface area contributed by atoms with Crippen molar-refractivity contribution in [1.29, 1.82) is 10.5 Å². The first-order valence-electron chi connectivity index (χ1n) is 8.68. The van der Waals surface area contributed by atoms with Gasteiger partial charge in [-0.3, -0.25) is 4.79 Å². The molecular formula is C23H10ClF2N3O. The largest absolute Gasteiger partial charge is 0.354 e. The summed E-state index contributed by atoms with van der Waals surface area (Å²) in [6.07, 6.45) is 0. The summed E-state index contributed by atoms with van der Waals surface area (Å²) in [5, 5.41) is 18.0. The van der Waals surface area contributed by atoms with Gasteiger partial charge in [0.15, 0.2) is 5.43 Å². The number of rotatable bonds is 2. The minimum Gasteiger partial charge on any atom is -0.354 e. The zero-order valence-corrected chi connectivity index (χ0v) is 15.9. The molecule has 0 aliphatic rings. The van der Waals surface area contributed by atoms with Crippen LogP contribution in [0.5, 0.6) is 0 Å². The molecule has 0 spiro atoms. The molecule has 1 heterocycles. The van der Waals surface area contributed by atoms with Crippen LogP contribution >= 0.6 is 11.6 Å². The van der Waals surface area contributed by atoms with E-state index < -0.39 is 17.1 Å². The average Bonchev–Trinajstić information content (AvgIpc) is 2.74. The summed E-state index contributed by atoms with van der Waals surface area (Å²) >= 11 is 6.18. The van der Waals surface area contributed by atoms with Crippen LogP contribution in [-0.2, 0) is 0 Å². The van der Waals surface area contributed by atoms with Crippen LogP contribution in [0.4, 0.5) is 8.78 Å². The van der Waals surface area contributed by atoms with Gasteiger partial charge in [-0.15, -0.1) is 0 Å². The highest BCUT2D eigenvalue weighted by Gasteiger charge is 2.19. The molecule has 4 rings (SSSR count). The fourth-order valence-corrected chi connectivity index (χ4v) is 3.48. The third-order valence-electron chi connectivity index (χ3n) is 4.70. The second-order valence-electron chi connectivity index (χ2n) is 6.51. The van der Waals surface area contributed by atoms with Gasteiger partial charge in [-0.1, -0.05) is 23.7 Å². The number of nitrogens with zero attached hydrogens (tertiary/aromatic N) is 2. The van der Waals surface area contributed by atoms with Crippen LogP contribution in [0.3, 0.4) is 0 Å². The molecular weight excluding hydrogens is 408 g/mol. The average molecular weight is 418 g/mol. The van der Waals surface area contributed by atoms with Crippen LogP contribution < -0.4 is 5.43 Å². The first kappa shape index (κ1) is 19.3. The topological polar surface area (TPSA) is 80.4 Å². The van der Waals surface area contributed by atoms with Crippen LogP contribution in [-0.4, -0.2) is 4.98 Å². The summed E-state index contributed by atoms with van der Waals surface area (Å²) in [5.74, 6) is -1.87. The summed E-state index contributed by atoms with van der Waals surface area (Å²) in [4.78, 5) is 15.6. The van der Waals surface area contributed by atoms with Crippen molar-refractivity contribution in [2.24, 2.45) is 0 Å². The predicted molar refractivity (Wildman–Crippen MR) is 110 cm³/mol. The second kappa shape index (κ2) is 7.44. The number of hydrogen-bond acceptors (Lipinski definition) is 3. The number of benzene rings is 3. The van der Waals surface area contributed by atoms with Crippen molar-refractivity contribution in [3.05, 3.63) is 92.6 Å². The Hall–Kier alpha value is -4.00. The van der Waals surface area contributed by atoms with Gasteiger partial charge in [0, 0.05) is 16.7 Å². The van der Waals surface area contributed by atoms with Crippen molar-refractivity contribution in [3.8, 4) is 34.5 Å². The molecule has 0 amide bonds. The lowest BCUT2D eigenvalue weighted by molar-refractivity contribution is 0.597. The van der Waals surface area contributed by atoms with Gasteiger partial charge in [0.25, 0.3) is 0 Å². The molecule has 30 heavy (non-hydrogen) atoms. The zero-order chi connectivity index (χ0) is 21.4. The molecule has 3 aromatic carbocycles. The van der Waals surface area contributed by atoms with E-state index in [1.165, 1.54) is 42.5 Å². The van der Waals surface area contributed by atoms with E-state index in [4.69, 9.17) is 22.1 Å². The Kier molecular flexibility index (Phi) is 4.79. The van der Waals surface area contributed by atoms with Gasteiger partial charge >= 0.3 is 0 Å². The molecule has 144 valence electrons. The van der Waals surface area contributed by atoms with Crippen molar-refractivity contribution < 1.29 is 8.78 Å². The Morgan fingerprint density at radius 2 is 1.57 bits per heavy atom. The predicted octanol–water partition coefficient (Wildman–Crippen LogP) is 5.54. The van der Waals surface area contributed by atoms with E-state index >= 15 is 4.39 Å². The molecule has 4 nitrogen and oxygen atoms in total. The van der Waals surface area contributed by atoms with Gasteiger partial charge in [-0.25, -0.2) is 8.78 Å². The molecule has 0 saturated heterocycles. The highest BCUT2D eigenvalue weighted by molar-refractivity contribution is 6.33. The lowest BCUT2D eigenvalue weighted by Crippen LogP contribution is -2.08. The fraction of sp³-hybridized carbons (Fsp3) is 0. The SMILES string of the molecule is N#Cc1ccc(-c2c(F)cc3[nH]c(-c4cc(C#N)ccc4Cl)cc(=O)c3c2F)cc1. The van der Waals surface area contributed by atoms with E-state index in [0.29, 0.717) is 16.7 Å². The summed E-state index contributed by atoms with van der Waals surface area (Å²) in [6, 6.07) is 16.3. The highest BCUT2D eigenvalue weighted by atomic mass is 35.5. The molecule has 7 heteroatoms. The van der Waals surface area contributed by atoms with Crippen molar-refractivity contribution in [2.45, 2.75) is 0 Å². The lowest BCUT2D eigenvalue weighted by Gasteiger charge is -2.11. The minimum absolute atomic E-state index is 0.0386. The van der Waals surface area contributed by atoms with Crippen molar-refractivity contribution in [3.63, 3.8) is 0 Å². The number of H-pyrrole nitrogens is 1. The fourth-order valence-electron chi connectivity index (χ4n) is 3.27. The van der Waals surface area contributed by atoms with E-state index in [0.717, 1.165) is 12.1 Å². The smallest absolute Gasteiger partial charge is 0.193 e. The standard InChI is InChI=1S/C23H10ClF2N3O/c24-16-6-3-13(11-28)7-15(16)18-9-20(30)22-19(29-18)8-17(25)21(23(22)26)14-4-1-12(10-27)2-5-14/h1-9H,(H,29,30). The van der Waals surface area contributed by atoms with Gasteiger partial charge < -0.3 is 4.98 Å². The normalized spacial score (nSPS) is 10.6. The second-order valence-corrected chi connectivity index (χ2v) is 6.92. The Morgan fingerprint density at radius 3 is 2.23 bits per heavy atom. The molecule has 0 radical (unpaired) electrons. The van der Waals surface area contributed by atoms with Crippen LogP contribution in [0.15, 0.2) is 59.4 Å². The van der Waals surface area contributed by atoms with E-state index in [-0.39, 0.29) is 32.7 Å². The summed E-state index contributed by atoms with van der Waals surface area (Å²) in [7, 11) is 0. The monoisotopic (exact) mass is 417 g/mol. The third-order valence-corrected chi connectivity index (χ3v) is 5.03. The molecule has 1 N–H and O–H groups in total. The summed E-state index contributed by atoms with van der Waals surface area (Å²) in [6.45, 7) is 0. The van der Waals surface area contributed by atoms with E-state index in [1.807, 2.05) is 12.1 Å². The summed E-state index contributed by atoms with van der Waals surface area (Å²) < 4.78 is 30.0. The maximum atomic E-state index is 15.2. The van der Waals surface area contributed by atoms with E-state index in [2.05, 4.69) is 4.98 Å². The van der Waals surface area contributed by atoms with Crippen molar-refractivity contribution in [1.82, 2.24) is 4.98 Å². The first-order valence-corrected chi connectivity index (χ1v) is 9.06. The van der Waals surface area contributed by atoms with Gasteiger partial charge in [0.05, 0.1) is 45.4 Å². The maximum Gasteiger partial charge on any atom is 0.193 e. The molecule has 1 aromatic heterocycles. The Balaban J connectivity index is 1.96. The minimum atomic E-state index is -1.00. The van der Waals surface area contributed by atoms with E-state index in [1.54, 1.807) is 0 Å². The quantitative estimate of drug-likeness (QED) is 0.465. The lowest BCUT2D eigenvalue weighted by atomic mass is 9.99. The number of fused-ring (bicyclic) bond motifs is 1. The first-order chi connectivity index (χ1) is 14.4. The Morgan fingerprint density at radius 1 is 0.900 bits per heavy atom. The number of nitrogens with one attached hydrogen (secondary N) is 1. The van der Waals surface area contributed by atoms with Crippen LogP contribution in [0.2, 0.25) is 5.02 Å². The van der Waals surface area contributed by atoms with Gasteiger partial charge in [0.1, 0.15) is 11.6 Å². The van der Waals surface area contributed by atoms with Gasteiger partial charge in [-0.05, 0) is 42.0 Å². The Labute approximate surface area is 174 Å². The number of hydrogen-bond donors (Lipinski definition) is 1. The zero-order valence-electron chi connectivity index (χ0n) is 15.1. The number of aromatic nitrogens is 1. The van der Waals surface area contributed by atoms with Crippen molar-refractivity contribution in [2.75, 3.05) is 0 Å². The molecule has 0 saturated carbocycles. The highest BCUT2D eigenvalue weighted by Crippen LogP contribution is 2.32. The van der Waals surface area contributed by atoms with Gasteiger partial charge in [0.2, 0.25) is 0 Å². The Bertz CT molecular complexity index is 1460. The van der Waals surface area contributed by atoms with Crippen LogP contribution in [0.1, 0.15) is 11.1 Å². The van der Waals surface area contributed by atoms with Gasteiger partial charge in [-0.2, -0.15) is 10.5 Å². The molecule has 0 aliphatic heterocycles. The number of aromatic amines is 1. The number of pyridine rings is 1. The van der Waals surface area contributed by atoms with Crippen LogP contribution in [0, 0.1) is 34.3 Å². The molecule has 0 atom stereocenters. The maximum absolute atomic E-state index is 15.2.